The lowest BCUT2D eigenvalue weighted by Gasteiger charge is -2.38. The summed E-state index contributed by atoms with van der Waals surface area (Å²) >= 11 is 0. The smallest absolute Gasteiger partial charge is 0.416 e. The first-order chi connectivity index (χ1) is 25.8. The number of rotatable bonds is 9. The molecule has 0 N–H and O–H groups in total. The second-order valence-corrected chi connectivity index (χ2v) is 20.8. The molecular weight excluding hydrogens is 718 g/mol. The molecule has 55 heavy (non-hydrogen) atoms. The highest BCUT2D eigenvalue weighted by atomic mass is 28.4. The van der Waals surface area contributed by atoms with Gasteiger partial charge in [0, 0.05) is 42.4 Å². The summed E-state index contributed by atoms with van der Waals surface area (Å²) in [6.45, 7) is 13.5. The van der Waals surface area contributed by atoms with Crippen LogP contribution in [0.2, 0.25) is 18.1 Å². The Morgan fingerprint density at radius 2 is 1.45 bits per heavy atom. The molecule has 5 aromatic rings. The van der Waals surface area contributed by atoms with Crippen LogP contribution in [0.25, 0.3) is 5.69 Å². The van der Waals surface area contributed by atoms with Crippen LogP contribution < -0.4 is 9.33 Å². The number of carbonyl (C=O) groups is 2. The van der Waals surface area contributed by atoms with Gasteiger partial charge in [-0.2, -0.15) is 13.2 Å². The van der Waals surface area contributed by atoms with E-state index in [4.69, 9.17) is 4.43 Å². The number of carbonyl (C=O) groups excluding carboxylic acids is 2. The average Bonchev–Trinajstić information content (AvgIpc) is 3.52. The van der Waals surface area contributed by atoms with E-state index in [9.17, 15) is 22.8 Å². The highest BCUT2D eigenvalue weighted by molar-refractivity contribution is 6.74. The van der Waals surface area contributed by atoms with Gasteiger partial charge in [-0.3, -0.25) is 14.5 Å². The maximum absolute atomic E-state index is 14.6. The monoisotopic (exact) mass is 766 g/mol. The first kappa shape index (κ1) is 39.6. The number of hydrogen-bond acceptors (Lipinski definition) is 4. The van der Waals surface area contributed by atoms with Gasteiger partial charge in [0.25, 0.3) is 11.8 Å². The van der Waals surface area contributed by atoms with Crippen molar-refractivity contribution in [2.24, 2.45) is 0 Å². The molecular formula is C44H49F3N4O3Si. The van der Waals surface area contributed by atoms with Crippen LogP contribution in [0.4, 0.5) is 24.5 Å². The Labute approximate surface area is 323 Å². The molecule has 0 saturated carbocycles. The van der Waals surface area contributed by atoms with Gasteiger partial charge in [0.05, 0.1) is 22.4 Å². The average molecular weight is 767 g/mol. The number of halogens is 3. The largest absolute Gasteiger partial charge is 0.544 e. The minimum absolute atomic E-state index is 0.0000415. The van der Waals surface area contributed by atoms with Gasteiger partial charge in [0.2, 0.25) is 8.32 Å². The number of nitrogens with zero attached hydrogens (tertiary/aromatic N) is 4. The standard InChI is InChI=1S/C44H49F3N4O3Si/c1-30-24-33(41(52)51(35-16-10-9-11-17-35)36-19-21-38(22-20-36)54-55(7,8)43(2,3)4)28-49(30)40-26-34(44(45,46)47)18-23-39(40)42(53)50-27-32-15-13-12-14-31(32)25-37(50)29-48(5)6/h9-24,26,28,37H,25,27,29H2,1-8H3/t37-/m0/s1. The fraction of sp³-hybridized carbons (Fsp3) is 0.318. The maximum Gasteiger partial charge on any atom is 0.416 e. The Morgan fingerprint density at radius 3 is 2.07 bits per heavy atom. The van der Waals surface area contributed by atoms with Crippen LogP contribution in [0.15, 0.2) is 109 Å². The summed E-state index contributed by atoms with van der Waals surface area (Å²) in [5.74, 6) is -0.0498. The number of alkyl halides is 3. The van der Waals surface area contributed by atoms with Crippen LogP contribution in [0, 0.1) is 6.92 Å². The third-order valence-corrected chi connectivity index (χ3v) is 15.1. The van der Waals surface area contributed by atoms with Crippen molar-refractivity contribution in [1.29, 1.82) is 0 Å². The van der Waals surface area contributed by atoms with Gasteiger partial charge in [-0.05, 0) is 117 Å². The Balaban J connectivity index is 1.40. The summed E-state index contributed by atoms with van der Waals surface area (Å²) in [6, 6.07) is 29.2. The first-order valence-electron chi connectivity index (χ1n) is 18.5. The van der Waals surface area contributed by atoms with Gasteiger partial charge in [0.1, 0.15) is 5.75 Å². The zero-order chi connectivity index (χ0) is 39.9. The molecule has 1 aliphatic rings. The molecule has 288 valence electrons. The number of amides is 2. The van der Waals surface area contributed by atoms with E-state index in [1.54, 1.807) is 22.8 Å². The van der Waals surface area contributed by atoms with E-state index in [0.717, 1.165) is 23.3 Å². The van der Waals surface area contributed by atoms with Crippen molar-refractivity contribution in [3.05, 3.63) is 143 Å². The maximum atomic E-state index is 14.6. The minimum Gasteiger partial charge on any atom is -0.544 e. The Kier molecular flexibility index (Phi) is 10.9. The van der Waals surface area contributed by atoms with Crippen LogP contribution >= 0.6 is 0 Å². The molecule has 11 heteroatoms. The number of aromatic nitrogens is 1. The highest BCUT2D eigenvalue weighted by Crippen LogP contribution is 2.39. The lowest BCUT2D eigenvalue weighted by atomic mass is 9.92. The number of hydrogen-bond donors (Lipinski definition) is 0. The lowest BCUT2D eigenvalue weighted by Crippen LogP contribution is -2.49. The van der Waals surface area contributed by atoms with E-state index in [-0.39, 0.29) is 39.7 Å². The van der Waals surface area contributed by atoms with Crippen molar-refractivity contribution in [3.63, 3.8) is 0 Å². The molecule has 1 aliphatic heterocycles. The molecule has 2 amide bonds. The predicted octanol–water partition coefficient (Wildman–Crippen LogP) is 10.3. The van der Waals surface area contributed by atoms with Gasteiger partial charge >= 0.3 is 6.18 Å². The quantitative estimate of drug-likeness (QED) is 0.140. The normalized spacial score (nSPS) is 14.8. The lowest BCUT2D eigenvalue weighted by molar-refractivity contribution is -0.137. The van der Waals surface area contributed by atoms with E-state index in [2.05, 4.69) is 39.9 Å². The molecule has 1 atom stereocenters. The van der Waals surface area contributed by atoms with Crippen molar-refractivity contribution >= 4 is 31.5 Å². The molecule has 2 heterocycles. The summed E-state index contributed by atoms with van der Waals surface area (Å²) in [4.78, 5) is 34.5. The summed E-state index contributed by atoms with van der Waals surface area (Å²) in [7, 11) is 1.76. The Hall–Kier alpha value is -5.13. The summed E-state index contributed by atoms with van der Waals surface area (Å²) in [6.07, 6.45) is -2.51. The summed E-state index contributed by atoms with van der Waals surface area (Å²) in [5, 5.41) is -0.0000415. The number of benzene rings is 4. The van der Waals surface area contributed by atoms with E-state index in [1.807, 2.05) is 91.8 Å². The number of para-hydroxylation sites is 1. The van der Waals surface area contributed by atoms with Crippen molar-refractivity contribution in [2.75, 3.05) is 25.5 Å². The van der Waals surface area contributed by atoms with Gasteiger partial charge in [-0.1, -0.05) is 63.2 Å². The molecule has 0 bridgehead atoms. The SMILES string of the molecule is Cc1cc(C(=O)N(c2ccccc2)c2ccc(O[Si](C)(C)C(C)(C)C)cc2)cn1-c1cc(C(F)(F)F)ccc1C(=O)N1Cc2ccccc2C[C@H]1CN(C)C. The van der Waals surface area contributed by atoms with Crippen LogP contribution in [0.5, 0.6) is 5.75 Å². The zero-order valence-corrected chi connectivity index (χ0v) is 33.7. The van der Waals surface area contributed by atoms with E-state index >= 15 is 0 Å². The topological polar surface area (TPSA) is 58.0 Å². The molecule has 0 spiro atoms. The molecule has 7 nitrogen and oxygen atoms in total. The zero-order valence-electron chi connectivity index (χ0n) is 32.7. The minimum atomic E-state index is -4.65. The highest BCUT2D eigenvalue weighted by Gasteiger charge is 2.39. The molecule has 4 aromatic carbocycles. The molecule has 0 saturated heterocycles. The Bertz CT molecular complexity index is 2170. The van der Waals surface area contributed by atoms with Crippen LogP contribution in [0.1, 0.15) is 63.9 Å². The summed E-state index contributed by atoms with van der Waals surface area (Å²) in [5.41, 5.74) is 3.39. The van der Waals surface area contributed by atoms with Crippen molar-refractivity contribution in [1.82, 2.24) is 14.4 Å². The molecule has 0 radical (unpaired) electrons. The number of likely N-dealkylation sites (N-methyl/N-ethyl adjacent to an activating group) is 1. The predicted molar refractivity (Wildman–Crippen MR) is 215 cm³/mol. The van der Waals surface area contributed by atoms with Gasteiger partial charge in [0.15, 0.2) is 0 Å². The molecule has 0 unspecified atom stereocenters. The number of fused-ring (bicyclic) bond motifs is 1. The Morgan fingerprint density at radius 1 is 0.836 bits per heavy atom. The fourth-order valence-electron chi connectivity index (χ4n) is 6.80. The molecule has 6 rings (SSSR count). The van der Waals surface area contributed by atoms with Crippen LogP contribution in [0.3, 0.4) is 0 Å². The van der Waals surface area contributed by atoms with E-state index in [1.165, 1.54) is 16.8 Å². The van der Waals surface area contributed by atoms with Gasteiger partial charge < -0.3 is 18.8 Å². The van der Waals surface area contributed by atoms with E-state index < -0.39 is 20.1 Å². The van der Waals surface area contributed by atoms with Gasteiger partial charge in [-0.25, -0.2) is 0 Å². The second kappa shape index (κ2) is 15.2. The van der Waals surface area contributed by atoms with Crippen molar-refractivity contribution in [3.8, 4) is 11.4 Å². The molecule has 0 aliphatic carbocycles. The molecule has 1 aromatic heterocycles. The molecule has 0 fully saturated rings. The van der Waals surface area contributed by atoms with Gasteiger partial charge in [-0.15, -0.1) is 0 Å². The van der Waals surface area contributed by atoms with Crippen molar-refractivity contribution in [2.45, 2.75) is 71.0 Å². The third-order valence-electron chi connectivity index (χ3n) is 10.8. The van der Waals surface area contributed by atoms with Crippen LogP contribution in [-0.2, 0) is 19.1 Å². The number of aryl methyl sites for hydroxylation is 1. The summed E-state index contributed by atoms with van der Waals surface area (Å²) < 4.78 is 50.8. The second-order valence-electron chi connectivity index (χ2n) is 16.1. The van der Waals surface area contributed by atoms with E-state index in [0.29, 0.717) is 42.3 Å². The van der Waals surface area contributed by atoms with Crippen LogP contribution in [-0.4, -0.2) is 61.2 Å². The third kappa shape index (κ3) is 8.43. The van der Waals surface area contributed by atoms with Crippen molar-refractivity contribution < 1.29 is 27.2 Å². The number of anilines is 2. The fourth-order valence-corrected chi connectivity index (χ4v) is 7.83. The first-order valence-corrected chi connectivity index (χ1v) is 21.4.